The van der Waals surface area contributed by atoms with Crippen molar-refractivity contribution in [2.75, 3.05) is 6.54 Å². The Balaban J connectivity index is 2.38. The first kappa shape index (κ1) is 14.9. The fraction of sp³-hybridized carbons (Fsp3) is 0.462. The first-order valence-electron chi connectivity index (χ1n) is 6.16. The summed E-state index contributed by atoms with van der Waals surface area (Å²) in [7, 11) is 0. The van der Waals surface area contributed by atoms with Crippen molar-refractivity contribution in [2.45, 2.75) is 32.2 Å². The summed E-state index contributed by atoms with van der Waals surface area (Å²) in [6.07, 6.45) is 4.38. The minimum Gasteiger partial charge on any atom is -0.480 e. The third kappa shape index (κ3) is 4.57. The van der Waals surface area contributed by atoms with E-state index in [2.05, 4.69) is 15.6 Å². The first-order chi connectivity index (χ1) is 8.98. The minimum absolute atomic E-state index is 0.318. The molecule has 1 aromatic rings. The number of nitrogens with zero attached hydrogens (tertiary/aromatic N) is 1. The van der Waals surface area contributed by atoms with Crippen molar-refractivity contribution in [3.63, 3.8) is 0 Å². The lowest BCUT2D eigenvalue weighted by molar-refractivity contribution is -0.143. The molecule has 0 bridgehead atoms. The van der Waals surface area contributed by atoms with Gasteiger partial charge in [-0.05, 0) is 31.4 Å². The number of nitrogens with one attached hydrogen (secondary N) is 2. The molecule has 104 valence electrons. The number of aliphatic carboxylic acids is 1. The summed E-state index contributed by atoms with van der Waals surface area (Å²) in [4.78, 5) is 26.6. The Morgan fingerprint density at radius 1 is 1.47 bits per heavy atom. The van der Waals surface area contributed by atoms with Crippen LogP contribution in [0.4, 0.5) is 4.79 Å². The van der Waals surface area contributed by atoms with Gasteiger partial charge in [0.15, 0.2) is 0 Å². The van der Waals surface area contributed by atoms with E-state index in [9.17, 15) is 9.59 Å². The second-order valence-electron chi connectivity index (χ2n) is 4.48. The number of carbonyl (C=O) groups excluding carboxylic acids is 1. The van der Waals surface area contributed by atoms with Crippen LogP contribution in [0.25, 0.3) is 0 Å². The number of carboxylic acids is 1. The lowest BCUT2D eigenvalue weighted by Crippen LogP contribution is -2.55. The van der Waals surface area contributed by atoms with Gasteiger partial charge in [0.2, 0.25) is 0 Å². The highest BCUT2D eigenvalue weighted by Gasteiger charge is 2.32. The fourth-order valence-corrected chi connectivity index (χ4v) is 1.45. The third-order valence-electron chi connectivity index (χ3n) is 2.99. The maximum absolute atomic E-state index is 11.6. The van der Waals surface area contributed by atoms with Crippen LogP contribution in [0.2, 0.25) is 0 Å². The average Bonchev–Trinajstić information content (AvgIpc) is 2.39. The molecule has 19 heavy (non-hydrogen) atoms. The van der Waals surface area contributed by atoms with Crippen LogP contribution >= 0.6 is 0 Å². The number of carbonyl (C=O) groups is 2. The van der Waals surface area contributed by atoms with Crippen molar-refractivity contribution >= 4 is 12.0 Å². The molecule has 1 aromatic heterocycles. The summed E-state index contributed by atoms with van der Waals surface area (Å²) in [5.74, 6) is -1.04. The van der Waals surface area contributed by atoms with Crippen LogP contribution in [0.5, 0.6) is 0 Å². The Morgan fingerprint density at radius 3 is 2.74 bits per heavy atom. The summed E-state index contributed by atoms with van der Waals surface area (Å²) >= 11 is 0. The van der Waals surface area contributed by atoms with Gasteiger partial charge in [-0.3, -0.25) is 4.98 Å². The van der Waals surface area contributed by atoms with E-state index < -0.39 is 17.5 Å². The van der Waals surface area contributed by atoms with E-state index in [-0.39, 0.29) is 0 Å². The zero-order valence-corrected chi connectivity index (χ0v) is 11.1. The van der Waals surface area contributed by atoms with Crippen molar-refractivity contribution in [1.29, 1.82) is 0 Å². The Labute approximate surface area is 112 Å². The second kappa shape index (κ2) is 6.72. The van der Waals surface area contributed by atoms with Gasteiger partial charge in [0, 0.05) is 18.9 Å². The molecule has 1 heterocycles. The van der Waals surface area contributed by atoms with E-state index in [0.29, 0.717) is 19.4 Å². The number of hydrogen-bond acceptors (Lipinski definition) is 3. The van der Waals surface area contributed by atoms with Crippen LogP contribution in [0.1, 0.15) is 25.8 Å². The van der Waals surface area contributed by atoms with Gasteiger partial charge in [-0.1, -0.05) is 13.0 Å². The molecule has 0 radical (unpaired) electrons. The maximum atomic E-state index is 11.6. The molecule has 3 N–H and O–H groups in total. The zero-order chi connectivity index (χ0) is 14.3. The van der Waals surface area contributed by atoms with Crippen molar-refractivity contribution in [2.24, 2.45) is 0 Å². The predicted octanol–water partition coefficient (Wildman–Crippen LogP) is 1.18. The molecule has 0 aliphatic rings. The normalized spacial score (nSPS) is 13.4. The van der Waals surface area contributed by atoms with Crippen LogP contribution in [0.15, 0.2) is 24.5 Å². The van der Waals surface area contributed by atoms with Crippen LogP contribution in [0.3, 0.4) is 0 Å². The van der Waals surface area contributed by atoms with E-state index in [1.165, 1.54) is 6.92 Å². The highest BCUT2D eigenvalue weighted by atomic mass is 16.4. The molecule has 1 atom stereocenters. The zero-order valence-electron chi connectivity index (χ0n) is 11.1. The number of amides is 2. The maximum Gasteiger partial charge on any atom is 0.329 e. The Morgan fingerprint density at radius 2 is 2.21 bits per heavy atom. The average molecular weight is 265 g/mol. The molecule has 6 nitrogen and oxygen atoms in total. The van der Waals surface area contributed by atoms with Crippen molar-refractivity contribution < 1.29 is 14.7 Å². The number of pyridine rings is 1. The lowest BCUT2D eigenvalue weighted by atomic mass is 10.00. The number of hydrogen-bond donors (Lipinski definition) is 3. The summed E-state index contributed by atoms with van der Waals surface area (Å²) in [5.41, 5.74) is -0.224. The summed E-state index contributed by atoms with van der Waals surface area (Å²) in [6, 6.07) is 3.27. The second-order valence-corrected chi connectivity index (χ2v) is 4.48. The van der Waals surface area contributed by atoms with Gasteiger partial charge in [0.25, 0.3) is 0 Å². The summed E-state index contributed by atoms with van der Waals surface area (Å²) in [5, 5.41) is 14.1. The van der Waals surface area contributed by atoms with Gasteiger partial charge < -0.3 is 15.7 Å². The molecule has 0 saturated heterocycles. The molecule has 0 saturated carbocycles. The highest BCUT2D eigenvalue weighted by molar-refractivity contribution is 5.85. The standard InChI is InChI=1S/C13H19N3O3/c1-3-13(2,11(17)18)16-12(19)15-8-6-10-5-4-7-14-9-10/h4-5,7,9H,3,6,8H2,1-2H3,(H,17,18)(H2,15,16,19). The highest BCUT2D eigenvalue weighted by Crippen LogP contribution is 2.08. The summed E-state index contributed by atoms with van der Waals surface area (Å²) < 4.78 is 0. The number of rotatable bonds is 6. The van der Waals surface area contributed by atoms with Gasteiger partial charge in [0.05, 0.1) is 0 Å². The fourth-order valence-electron chi connectivity index (χ4n) is 1.45. The predicted molar refractivity (Wildman–Crippen MR) is 70.8 cm³/mol. The van der Waals surface area contributed by atoms with Gasteiger partial charge >= 0.3 is 12.0 Å². The topological polar surface area (TPSA) is 91.3 Å². The smallest absolute Gasteiger partial charge is 0.329 e. The van der Waals surface area contributed by atoms with E-state index in [1.807, 2.05) is 12.1 Å². The van der Waals surface area contributed by atoms with E-state index in [1.54, 1.807) is 19.3 Å². The van der Waals surface area contributed by atoms with Crippen LogP contribution in [-0.4, -0.2) is 34.2 Å². The molecule has 0 fully saturated rings. The van der Waals surface area contributed by atoms with Crippen molar-refractivity contribution in [3.05, 3.63) is 30.1 Å². The number of urea groups is 1. The molecule has 0 spiro atoms. The van der Waals surface area contributed by atoms with Gasteiger partial charge in [0.1, 0.15) is 5.54 Å². The van der Waals surface area contributed by atoms with Crippen LogP contribution < -0.4 is 10.6 Å². The van der Waals surface area contributed by atoms with E-state index >= 15 is 0 Å². The van der Waals surface area contributed by atoms with Gasteiger partial charge in [-0.15, -0.1) is 0 Å². The van der Waals surface area contributed by atoms with E-state index in [4.69, 9.17) is 5.11 Å². The number of carboxylic acid groups (broad SMARTS) is 1. The Bertz CT molecular complexity index is 436. The molecular weight excluding hydrogens is 246 g/mol. The van der Waals surface area contributed by atoms with Crippen molar-refractivity contribution in [1.82, 2.24) is 15.6 Å². The number of aromatic nitrogens is 1. The van der Waals surface area contributed by atoms with Gasteiger partial charge in [-0.25, -0.2) is 9.59 Å². The molecule has 1 rings (SSSR count). The molecule has 1 unspecified atom stereocenters. The van der Waals surface area contributed by atoms with Gasteiger partial charge in [-0.2, -0.15) is 0 Å². The molecule has 0 aromatic carbocycles. The first-order valence-corrected chi connectivity index (χ1v) is 6.16. The minimum atomic E-state index is -1.24. The molecule has 6 heteroatoms. The Hall–Kier alpha value is -2.11. The largest absolute Gasteiger partial charge is 0.480 e. The molecule has 0 aliphatic heterocycles. The van der Waals surface area contributed by atoms with Crippen molar-refractivity contribution in [3.8, 4) is 0 Å². The van der Waals surface area contributed by atoms with E-state index in [0.717, 1.165) is 5.56 Å². The van der Waals surface area contributed by atoms with Crippen LogP contribution in [-0.2, 0) is 11.2 Å². The Kier molecular flexibility index (Phi) is 5.29. The quantitative estimate of drug-likeness (QED) is 0.720. The SMILES string of the molecule is CCC(C)(NC(=O)NCCc1cccnc1)C(=O)O. The monoisotopic (exact) mass is 265 g/mol. The molecular formula is C13H19N3O3. The molecule has 0 aliphatic carbocycles. The molecule has 2 amide bonds. The van der Waals surface area contributed by atoms with Crippen LogP contribution in [0, 0.1) is 0 Å². The summed E-state index contributed by atoms with van der Waals surface area (Å²) in [6.45, 7) is 3.62. The third-order valence-corrected chi connectivity index (χ3v) is 2.99. The lowest BCUT2D eigenvalue weighted by Gasteiger charge is -2.24.